The highest BCUT2D eigenvalue weighted by atomic mass is 32.1. The van der Waals surface area contributed by atoms with Crippen molar-refractivity contribution in [3.63, 3.8) is 0 Å². The molecule has 1 N–H and O–H groups in total. The summed E-state index contributed by atoms with van der Waals surface area (Å²) >= 11 is 3.87. The highest BCUT2D eigenvalue weighted by Crippen LogP contribution is 2.20. The summed E-state index contributed by atoms with van der Waals surface area (Å²) in [4.78, 5) is 23.5. The molecule has 0 aliphatic carbocycles. The molecule has 1 unspecified atom stereocenters. The number of rotatable bonds is 3. The van der Waals surface area contributed by atoms with Gasteiger partial charge in [0.05, 0.1) is 5.25 Å². The average molecular weight is 270 g/mol. The topological polar surface area (TPSA) is 49.4 Å². The van der Waals surface area contributed by atoms with E-state index in [1.54, 1.807) is 0 Å². The van der Waals surface area contributed by atoms with Gasteiger partial charge in [-0.05, 0) is 13.3 Å². The Kier molecular flexibility index (Phi) is 4.29. The Morgan fingerprint density at radius 1 is 1.65 bits per heavy atom. The van der Waals surface area contributed by atoms with Crippen LogP contribution in [0.3, 0.4) is 0 Å². The predicted molar refractivity (Wildman–Crippen MR) is 57.6 cm³/mol. The smallest absolute Gasteiger partial charge is 0.343 e. The van der Waals surface area contributed by atoms with Crippen LogP contribution in [0.15, 0.2) is 0 Å². The summed E-state index contributed by atoms with van der Waals surface area (Å²) < 4.78 is 36.3. The number of hydrogen-bond donors (Lipinski definition) is 2. The maximum atomic E-state index is 12.1. The van der Waals surface area contributed by atoms with E-state index in [1.807, 2.05) is 0 Å². The van der Waals surface area contributed by atoms with Crippen molar-refractivity contribution in [2.24, 2.45) is 0 Å². The van der Waals surface area contributed by atoms with Crippen LogP contribution in [0.2, 0.25) is 0 Å². The van der Waals surface area contributed by atoms with Crippen molar-refractivity contribution in [2.45, 2.75) is 30.8 Å². The Morgan fingerprint density at radius 2 is 2.24 bits per heavy atom. The Labute approximate surface area is 102 Å². The first-order valence-electron chi connectivity index (χ1n) is 5.04. The van der Waals surface area contributed by atoms with E-state index < -0.39 is 35.8 Å². The highest BCUT2D eigenvalue weighted by Gasteiger charge is 2.39. The first kappa shape index (κ1) is 14.1. The van der Waals surface area contributed by atoms with Crippen LogP contribution in [0.5, 0.6) is 0 Å². The van der Waals surface area contributed by atoms with Gasteiger partial charge in [-0.3, -0.25) is 9.59 Å². The van der Waals surface area contributed by atoms with Gasteiger partial charge in [-0.1, -0.05) is 0 Å². The van der Waals surface area contributed by atoms with Crippen LogP contribution in [-0.4, -0.2) is 47.3 Å². The molecule has 1 heterocycles. The number of carbonyl (C=O) groups excluding carboxylic acids is 2. The number of nitrogens with zero attached hydrogens (tertiary/aromatic N) is 1. The number of alkyl halides is 3. The Bertz CT molecular complexity index is 320. The standard InChI is InChI=1S/C9H13F3N2O2S/c1-5(17)7(15)13-6-2-3-14(8(6)16)4-9(10,11)12/h5-6,17H,2-4H2,1H3,(H,13,15)/t5?,6-/m1/s1. The second-order valence-corrected chi connectivity index (χ2v) is 4.68. The second kappa shape index (κ2) is 5.16. The summed E-state index contributed by atoms with van der Waals surface area (Å²) in [5.74, 6) is -1.15. The number of amides is 2. The average Bonchev–Trinajstić information content (AvgIpc) is 2.47. The van der Waals surface area contributed by atoms with Gasteiger partial charge in [-0.15, -0.1) is 0 Å². The van der Waals surface area contributed by atoms with Crippen molar-refractivity contribution >= 4 is 24.4 Å². The van der Waals surface area contributed by atoms with Gasteiger partial charge in [0.1, 0.15) is 12.6 Å². The molecule has 1 aliphatic rings. The SMILES string of the molecule is CC(S)C(=O)N[C@@H]1CCN(CC(F)(F)F)C1=O. The number of hydrogen-bond acceptors (Lipinski definition) is 3. The minimum Gasteiger partial charge on any atom is -0.343 e. The summed E-state index contributed by atoms with van der Waals surface area (Å²) in [6.07, 6.45) is -4.22. The summed E-state index contributed by atoms with van der Waals surface area (Å²) in [5, 5.41) is 1.77. The number of carbonyl (C=O) groups is 2. The zero-order valence-corrected chi connectivity index (χ0v) is 10.0. The predicted octanol–water partition coefficient (Wildman–Crippen LogP) is 0.584. The van der Waals surface area contributed by atoms with E-state index in [2.05, 4.69) is 17.9 Å². The molecule has 0 aromatic heterocycles. The van der Waals surface area contributed by atoms with Gasteiger partial charge in [-0.25, -0.2) is 0 Å². The lowest BCUT2D eigenvalue weighted by atomic mass is 10.2. The van der Waals surface area contributed by atoms with Crippen molar-refractivity contribution in [1.82, 2.24) is 10.2 Å². The number of thiol groups is 1. The van der Waals surface area contributed by atoms with E-state index in [4.69, 9.17) is 0 Å². The normalized spacial score (nSPS) is 22.8. The van der Waals surface area contributed by atoms with E-state index >= 15 is 0 Å². The lowest BCUT2D eigenvalue weighted by Gasteiger charge is -2.19. The van der Waals surface area contributed by atoms with Gasteiger partial charge in [0, 0.05) is 6.54 Å². The van der Waals surface area contributed by atoms with Gasteiger partial charge in [-0.2, -0.15) is 25.8 Å². The van der Waals surface area contributed by atoms with E-state index in [-0.39, 0.29) is 13.0 Å². The number of likely N-dealkylation sites (tertiary alicyclic amines) is 1. The fraction of sp³-hybridized carbons (Fsp3) is 0.778. The molecule has 0 saturated carbocycles. The molecule has 1 rings (SSSR count). The Balaban J connectivity index is 2.53. The molecule has 2 atom stereocenters. The van der Waals surface area contributed by atoms with Gasteiger partial charge in [0.2, 0.25) is 11.8 Å². The fourth-order valence-corrected chi connectivity index (χ4v) is 1.61. The van der Waals surface area contributed by atoms with Crippen LogP contribution in [0.25, 0.3) is 0 Å². The third-order valence-electron chi connectivity index (χ3n) is 2.36. The zero-order valence-electron chi connectivity index (χ0n) is 9.12. The quantitative estimate of drug-likeness (QED) is 0.737. The monoisotopic (exact) mass is 270 g/mol. The maximum absolute atomic E-state index is 12.1. The minimum atomic E-state index is -4.41. The van der Waals surface area contributed by atoms with Gasteiger partial charge < -0.3 is 10.2 Å². The molecule has 8 heteroatoms. The summed E-state index contributed by atoms with van der Waals surface area (Å²) in [6.45, 7) is 0.254. The Hall–Kier alpha value is -0.920. The molecule has 4 nitrogen and oxygen atoms in total. The van der Waals surface area contributed by atoms with Crippen LogP contribution in [0.4, 0.5) is 13.2 Å². The lowest BCUT2D eigenvalue weighted by molar-refractivity contribution is -0.158. The summed E-state index contributed by atoms with van der Waals surface area (Å²) in [6, 6.07) is -0.862. The van der Waals surface area contributed by atoms with Crippen molar-refractivity contribution < 1.29 is 22.8 Å². The van der Waals surface area contributed by atoms with Crippen LogP contribution in [0.1, 0.15) is 13.3 Å². The molecular weight excluding hydrogens is 257 g/mol. The first-order chi connectivity index (χ1) is 7.70. The fourth-order valence-electron chi connectivity index (χ4n) is 1.54. The molecule has 0 aromatic carbocycles. The molecule has 0 bridgehead atoms. The van der Waals surface area contributed by atoms with Crippen LogP contribution >= 0.6 is 12.6 Å². The van der Waals surface area contributed by atoms with E-state index in [9.17, 15) is 22.8 Å². The Morgan fingerprint density at radius 3 is 2.71 bits per heavy atom. The molecule has 0 radical (unpaired) electrons. The van der Waals surface area contributed by atoms with Crippen LogP contribution < -0.4 is 5.32 Å². The van der Waals surface area contributed by atoms with Crippen molar-refractivity contribution in [1.29, 1.82) is 0 Å². The molecule has 0 spiro atoms. The van der Waals surface area contributed by atoms with E-state index in [0.29, 0.717) is 4.90 Å². The first-order valence-corrected chi connectivity index (χ1v) is 5.56. The highest BCUT2D eigenvalue weighted by molar-refractivity contribution is 7.81. The van der Waals surface area contributed by atoms with Crippen LogP contribution in [-0.2, 0) is 9.59 Å². The van der Waals surface area contributed by atoms with Gasteiger partial charge >= 0.3 is 6.18 Å². The molecule has 0 aromatic rings. The molecule has 2 amide bonds. The van der Waals surface area contributed by atoms with Crippen molar-refractivity contribution in [3.05, 3.63) is 0 Å². The van der Waals surface area contributed by atoms with E-state index in [1.165, 1.54) is 6.92 Å². The van der Waals surface area contributed by atoms with Gasteiger partial charge in [0.25, 0.3) is 0 Å². The van der Waals surface area contributed by atoms with Gasteiger partial charge in [0.15, 0.2) is 0 Å². The largest absolute Gasteiger partial charge is 0.406 e. The molecular formula is C9H13F3N2O2S. The molecule has 1 fully saturated rings. The third-order valence-corrected chi connectivity index (χ3v) is 2.60. The summed E-state index contributed by atoms with van der Waals surface area (Å²) in [5.41, 5.74) is 0. The zero-order chi connectivity index (χ0) is 13.2. The molecule has 98 valence electrons. The van der Waals surface area contributed by atoms with E-state index in [0.717, 1.165) is 0 Å². The lowest BCUT2D eigenvalue weighted by Crippen LogP contribution is -2.45. The minimum absolute atomic E-state index is 0.00421. The molecule has 17 heavy (non-hydrogen) atoms. The number of nitrogens with one attached hydrogen (secondary N) is 1. The molecule has 1 saturated heterocycles. The third kappa shape index (κ3) is 4.10. The van der Waals surface area contributed by atoms with Crippen molar-refractivity contribution in [2.75, 3.05) is 13.1 Å². The van der Waals surface area contributed by atoms with Crippen LogP contribution in [0, 0.1) is 0 Å². The van der Waals surface area contributed by atoms with Crippen molar-refractivity contribution in [3.8, 4) is 0 Å². The molecule has 1 aliphatic heterocycles. The number of halogens is 3. The summed E-state index contributed by atoms with van der Waals surface area (Å²) in [7, 11) is 0. The second-order valence-electron chi connectivity index (χ2n) is 3.90. The maximum Gasteiger partial charge on any atom is 0.406 e.